The molecule has 0 aliphatic carbocycles. The van der Waals surface area contributed by atoms with E-state index in [0.29, 0.717) is 19.0 Å². The minimum Gasteiger partial charge on any atom is -0.497 e. The Morgan fingerprint density at radius 1 is 1.15 bits per heavy atom. The van der Waals surface area contributed by atoms with Crippen molar-refractivity contribution in [3.63, 3.8) is 0 Å². The fraction of sp³-hybridized carbons (Fsp3) is 0.400. The van der Waals surface area contributed by atoms with Gasteiger partial charge in [0.25, 0.3) is 0 Å². The lowest BCUT2D eigenvalue weighted by molar-refractivity contribution is 0.309. The molecule has 0 aliphatic heterocycles. The molecule has 1 aromatic heterocycles. The first-order valence-corrected chi connectivity index (χ1v) is 6.59. The highest BCUT2D eigenvalue weighted by Crippen LogP contribution is 2.16. The first-order chi connectivity index (χ1) is 9.69. The summed E-state index contributed by atoms with van der Waals surface area (Å²) in [5.41, 5.74) is 0.941. The van der Waals surface area contributed by atoms with E-state index in [1.54, 1.807) is 7.11 Å². The van der Waals surface area contributed by atoms with Crippen molar-refractivity contribution in [2.24, 2.45) is 0 Å². The number of aryl methyl sites for hydroxylation is 2. The van der Waals surface area contributed by atoms with Crippen molar-refractivity contribution in [2.75, 3.05) is 20.3 Å². The molecule has 0 fully saturated rings. The molecule has 0 aliphatic rings. The van der Waals surface area contributed by atoms with Crippen molar-refractivity contribution >= 4 is 0 Å². The van der Waals surface area contributed by atoms with Crippen LogP contribution in [-0.4, -0.2) is 25.2 Å². The van der Waals surface area contributed by atoms with Gasteiger partial charge in [-0.25, -0.2) is 4.98 Å². The average Bonchev–Trinajstić information content (AvgIpc) is 2.78. The number of aromatic nitrogens is 1. The highest BCUT2D eigenvalue weighted by atomic mass is 16.5. The van der Waals surface area contributed by atoms with Crippen LogP contribution in [0.3, 0.4) is 0 Å². The Hall–Kier alpha value is -2.01. The van der Waals surface area contributed by atoms with E-state index in [4.69, 9.17) is 13.9 Å². The number of nitrogens with one attached hydrogen (secondary N) is 1. The molecule has 5 nitrogen and oxygen atoms in total. The number of hydrogen-bond donors (Lipinski definition) is 1. The van der Waals surface area contributed by atoms with Crippen molar-refractivity contribution in [1.29, 1.82) is 0 Å². The fourth-order valence-corrected chi connectivity index (χ4v) is 1.72. The number of oxazole rings is 1. The van der Waals surface area contributed by atoms with Gasteiger partial charge in [0.05, 0.1) is 19.3 Å². The molecule has 108 valence electrons. The highest BCUT2D eigenvalue weighted by Gasteiger charge is 2.04. The zero-order chi connectivity index (χ0) is 14.4. The van der Waals surface area contributed by atoms with Crippen molar-refractivity contribution < 1.29 is 13.9 Å². The summed E-state index contributed by atoms with van der Waals surface area (Å²) >= 11 is 0. The number of hydrogen-bond acceptors (Lipinski definition) is 5. The van der Waals surface area contributed by atoms with Crippen LogP contribution in [0.4, 0.5) is 0 Å². The van der Waals surface area contributed by atoms with E-state index in [9.17, 15) is 0 Å². The van der Waals surface area contributed by atoms with Gasteiger partial charge in [0.15, 0.2) is 0 Å². The molecule has 0 saturated carbocycles. The van der Waals surface area contributed by atoms with Gasteiger partial charge in [-0.05, 0) is 38.1 Å². The van der Waals surface area contributed by atoms with Gasteiger partial charge in [0.1, 0.15) is 23.9 Å². The fourth-order valence-electron chi connectivity index (χ4n) is 1.72. The lowest BCUT2D eigenvalue weighted by Crippen LogP contribution is -2.20. The van der Waals surface area contributed by atoms with Crippen molar-refractivity contribution in [2.45, 2.75) is 20.4 Å². The van der Waals surface area contributed by atoms with Gasteiger partial charge in [0.2, 0.25) is 5.89 Å². The predicted octanol–water partition coefficient (Wildman–Crippen LogP) is 2.47. The molecule has 5 heteroatoms. The molecule has 1 heterocycles. The maximum atomic E-state index is 5.60. The van der Waals surface area contributed by atoms with E-state index in [1.165, 1.54) is 0 Å². The Balaban J connectivity index is 1.66. The molecule has 0 saturated heterocycles. The first kappa shape index (κ1) is 14.4. The molecular weight excluding hydrogens is 256 g/mol. The van der Waals surface area contributed by atoms with E-state index in [1.807, 2.05) is 38.1 Å². The third-order valence-electron chi connectivity index (χ3n) is 2.96. The van der Waals surface area contributed by atoms with Gasteiger partial charge in [-0.3, -0.25) is 0 Å². The van der Waals surface area contributed by atoms with Gasteiger partial charge in [0, 0.05) is 6.54 Å². The zero-order valence-electron chi connectivity index (χ0n) is 12.1. The first-order valence-electron chi connectivity index (χ1n) is 6.59. The summed E-state index contributed by atoms with van der Waals surface area (Å²) in [5, 5.41) is 3.23. The monoisotopic (exact) mass is 276 g/mol. The van der Waals surface area contributed by atoms with Crippen LogP contribution in [0.2, 0.25) is 0 Å². The molecule has 0 amide bonds. The van der Waals surface area contributed by atoms with Crippen molar-refractivity contribution in [3.8, 4) is 11.5 Å². The van der Waals surface area contributed by atoms with Crippen LogP contribution in [0.1, 0.15) is 17.3 Å². The summed E-state index contributed by atoms with van der Waals surface area (Å²) in [5.74, 6) is 3.24. The largest absolute Gasteiger partial charge is 0.497 e. The van der Waals surface area contributed by atoms with Crippen molar-refractivity contribution in [1.82, 2.24) is 10.3 Å². The van der Waals surface area contributed by atoms with E-state index < -0.39 is 0 Å². The Morgan fingerprint density at radius 2 is 1.85 bits per heavy atom. The van der Waals surface area contributed by atoms with E-state index >= 15 is 0 Å². The summed E-state index contributed by atoms with van der Waals surface area (Å²) in [6, 6.07) is 7.53. The van der Waals surface area contributed by atoms with Gasteiger partial charge < -0.3 is 19.2 Å². The van der Waals surface area contributed by atoms with E-state index in [2.05, 4.69) is 10.3 Å². The van der Waals surface area contributed by atoms with Crippen LogP contribution in [-0.2, 0) is 6.54 Å². The molecule has 0 radical (unpaired) electrons. The SMILES string of the molecule is COc1ccc(OCCNCc2nc(C)c(C)o2)cc1. The van der Waals surface area contributed by atoms with Crippen LogP contribution in [0.25, 0.3) is 0 Å². The Bertz CT molecular complexity index is 515. The highest BCUT2D eigenvalue weighted by molar-refractivity contribution is 5.31. The topological polar surface area (TPSA) is 56.5 Å². The van der Waals surface area contributed by atoms with Crippen LogP contribution in [0, 0.1) is 13.8 Å². The van der Waals surface area contributed by atoms with Crippen LogP contribution >= 0.6 is 0 Å². The smallest absolute Gasteiger partial charge is 0.208 e. The minimum atomic E-state index is 0.588. The van der Waals surface area contributed by atoms with Crippen molar-refractivity contribution in [3.05, 3.63) is 41.6 Å². The third-order valence-corrected chi connectivity index (χ3v) is 2.96. The summed E-state index contributed by atoms with van der Waals surface area (Å²) in [4.78, 5) is 4.30. The Kier molecular flexibility index (Phi) is 5.01. The maximum absolute atomic E-state index is 5.60. The predicted molar refractivity (Wildman–Crippen MR) is 76.2 cm³/mol. The quantitative estimate of drug-likeness (QED) is 0.787. The number of rotatable bonds is 7. The van der Waals surface area contributed by atoms with Crippen LogP contribution < -0.4 is 14.8 Å². The van der Waals surface area contributed by atoms with E-state index in [0.717, 1.165) is 29.5 Å². The number of ether oxygens (including phenoxy) is 2. The van der Waals surface area contributed by atoms with Gasteiger partial charge in [-0.1, -0.05) is 0 Å². The number of benzene rings is 1. The normalized spacial score (nSPS) is 10.6. The number of methoxy groups -OCH3 is 1. The second-order valence-corrected chi connectivity index (χ2v) is 4.45. The van der Waals surface area contributed by atoms with Crippen LogP contribution in [0.5, 0.6) is 11.5 Å². The summed E-state index contributed by atoms with van der Waals surface area (Å²) in [6.07, 6.45) is 0. The molecule has 0 atom stereocenters. The minimum absolute atomic E-state index is 0.588. The number of nitrogens with zero attached hydrogens (tertiary/aromatic N) is 1. The Morgan fingerprint density at radius 3 is 2.45 bits per heavy atom. The third kappa shape index (κ3) is 3.99. The van der Waals surface area contributed by atoms with E-state index in [-0.39, 0.29) is 0 Å². The van der Waals surface area contributed by atoms with Crippen LogP contribution in [0.15, 0.2) is 28.7 Å². The maximum Gasteiger partial charge on any atom is 0.208 e. The molecule has 0 spiro atoms. The summed E-state index contributed by atoms with van der Waals surface area (Å²) in [6.45, 7) is 5.78. The molecule has 1 N–H and O–H groups in total. The molecule has 1 aromatic carbocycles. The summed E-state index contributed by atoms with van der Waals surface area (Å²) < 4.78 is 16.2. The average molecular weight is 276 g/mol. The van der Waals surface area contributed by atoms with Gasteiger partial charge in [-0.15, -0.1) is 0 Å². The van der Waals surface area contributed by atoms with Gasteiger partial charge in [-0.2, -0.15) is 0 Å². The van der Waals surface area contributed by atoms with Gasteiger partial charge >= 0.3 is 0 Å². The molecule has 0 unspecified atom stereocenters. The zero-order valence-corrected chi connectivity index (χ0v) is 12.1. The summed E-state index contributed by atoms with van der Waals surface area (Å²) in [7, 11) is 1.64. The lowest BCUT2D eigenvalue weighted by Gasteiger charge is -2.07. The Labute approximate surface area is 118 Å². The second-order valence-electron chi connectivity index (χ2n) is 4.45. The molecule has 2 rings (SSSR count). The molecular formula is C15H20N2O3. The molecule has 20 heavy (non-hydrogen) atoms. The second kappa shape index (κ2) is 6.96. The standard InChI is InChI=1S/C15H20N2O3/c1-11-12(2)20-15(17-11)10-16-8-9-19-14-6-4-13(18-3)5-7-14/h4-7,16H,8-10H2,1-3H3. The molecule has 0 bridgehead atoms. The lowest BCUT2D eigenvalue weighted by atomic mass is 10.3. The molecule has 2 aromatic rings.